The fourth-order valence-corrected chi connectivity index (χ4v) is 2.48. The van der Waals surface area contributed by atoms with Crippen LogP contribution in [-0.2, 0) is 16.8 Å². The highest BCUT2D eigenvalue weighted by molar-refractivity contribution is 6.05. The molecule has 1 aromatic heterocycles. The summed E-state index contributed by atoms with van der Waals surface area (Å²) >= 11 is 0. The number of aromatic nitrogens is 1. The predicted molar refractivity (Wildman–Crippen MR) is 106 cm³/mol. The van der Waals surface area contributed by atoms with Crippen molar-refractivity contribution in [1.82, 2.24) is 5.16 Å². The Labute approximate surface area is 159 Å². The number of rotatable bonds is 3. The Morgan fingerprint density at radius 2 is 1.67 bits per heavy atom. The zero-order valence-electron chi connectivity index (χ0n) is 15.8. The van der Waals surface area contributed by atoms with Crippen LogP contribution in [0, 0.1) is 11.8 Å². The normalized spacial score (nSPS) is 10.8. The van der Waals surface area contributed by atoms with E-state index in [0.29, 0.717) is 12.4 Å². The maximum absolute atomic E-state index is 12.9. The highest BCUT2D eigenvalue weighted by Crippen LogP contribution is 2.27. The van der Waals surface area contributed by atoms with Crippen molar-refractivity contribution in [2.24, 2.45) is 0 Å². The molecule has 0 saturated carbocycles. The molecule has 0 aliphatic rings. The predicted octanol–water partition coefficient (Wildman–Crippen LogP) is 4.56. The van der Waals surface area contributed by atoms with Gasteiger partial charge < -0.3 is 4.52 Å². The van der Waals surface area contributed by atoms with Crippen LogP contribution in [0.5, 0.6) is 0 Å². The van der Waals surface area contributed by atoms with Crippen LogP contribution in [-0.4, -0.2) is 11.1 Å². The molecule has 0 N–H and O–H groups in total. The SMILES string of the molecule is CC(C)(C)c1cc(N(Cc2ccccc2)C(=O)C#Cc2ccccc2)no1. The van der Waals surface area contributed by atoms with E-state index in [9.17, 15) is 4.79 Å². The summed E-state index contributed by atoms with van der Waals surface area (Å²) in [5, 5.41) is 4.12. The minimum Gasteiger partial charge on any atom is -0.359 e. The van der Waals surface area contributed by atoms with Crippen LogP contribution in [0.4, 0.5) is 5.82 Å². The molecular formula is C23H22N2O2. The zero-order valence-corrected chi connectivity index (χ0v) is 15.8. The van der Waals surface area contributed by atoms with E-state index in [1.54, 1.807) is 4.90 Å². The quantitative estimate of drug-likeness (QED) is 0.645. The van der Waals surface area contributed by atoms with Gasteiger partial charge in [0.25, 0.3) is 0 Å². The maximum Gasteiger partial charge on any atom is 0.304 e. The van der Waals surface area contributed by atoms with Crippen molar-refractivity contribution in [2.75, 3.05) is 4.90 Å². The first-order chi connectivity index (χ1) is 12.9. The van der Waals surface area contributed by atoms with Crippen LogP contribution in [0.1, 0.15) is 37.7 Å². The van der Waals surface area contributed by atoms with E-state index in [2.05, 4.69) is 17.0 Å². The van der Waals surface area contributed by atoms with Gasteiger partial charge in [0.2, 0.25) is 0 Å². The van der Waals surface area contributed by atoms with Gasteiger partial charge in [-0.05, 0) is 17.7 Å². The fourth-order valence-electron chi connectivity index (χ4n) is 2.48. The summed E-state index contributed by atoms with van der Waals surface area (Å²) in [5.41, 5.74) is 1.59. The van der Waals surface area contributed by atoms with Gasteiger partial charge >= 0.3 is 5.91 Å². The van der Waals surface area contributed by atoms with E-state index in [1.165, 1.54) is 0 Å². The van der Waals surface area contributed by atoms with Gasteiger partial charge in [-0.3, -0.25) is 9.69 Å². The average molecular weight is 358 g/mol. The Morgan fingerprint density at radius 1 is 1.04 bits per heavy atom. The van der Waals surface area contributed by atoms with E-state index < -0.39 is 0 Å². The Hall–Kier alpha value is -3.32. The van der Waals surface area contributed by atoms with Crippen molar-refractivity contribution in [3.8, 4) is 11.8 Å². The molecule has 3 rings (SSSR count). The molecule has 3 aromatic rings. The van der Waals surface area contributed by atoms with Crippen LogP contribution in [0.2, 0.25) is 0 Å². The summed E-state index contributed by atoms with van der Waals surface area (Å²) in [5.74, 6) is 6.51. The number of anilines is 1. The standard InChI is InChI=1S/C23H22N2O2/c1-23(2,3)20-16-21(24-27-20)25(17-19-12-8-5-9-13-19)22(26)15-14-18-10-6-4-7-11-18/h4-13,16H,17H2,1-3H3. The first kappa shape index (κ1) is 18.5. The molecule has 136 valence electrons. The van der Waals surface area contributed by atoms with Crippen molar-refractivity contribution in [3.63, 3.8) is 0 Å². The summed E-state index contributed by atoms with van der Waals surface area (Å²) in [6.45, 7) is 6.49. The Balaban J connectivity index is 1.91. The van der Waals surface area contributed by atoms with Gasteiger partial charge in [0.15, 0.2) is 5.82 Å². The Bertz CT molecular complexity index is 958. The topological polar surface area (TPSA) is 46.3 Å². The summed E-state index contributed by atoms with van der Waals surface area (Å²) in [7, 11) is 0. The van der Waals surface area contributed by atoms with Gasteiger partial charge in [-0.2, -0.15) is 0 Å². The number of nitrogens with zero attached hydrogens (tertiary/aromatic N) is 2. The molecule has 0 bridgehead atoms. The third-order valence-corrected chi connectivity index (χ3v) is 4.03. The molecule has 2 aromatic carbocycles. The molecule has 0 saturated heterocycles. The zero-order chi connectivity index (χ0) is 19.3. The lowest BCUT2D eigenvalue weighted by molar-refractivity contribution is -0.113. The second kappa shape index (κ2) is 7.92. The second-order valence-corrected chi connectivity index (χ2v) is 7.29. The lowest BCUT2D eigenvalue weighted by atomic mass is 9.93. The Morgan fingerprint density at radius 3 is 2.26 bits per heavy atom. The van der Waals surface area contributed by atoms with Crippen LogP contribution < -0.4 is 4.90 Å². The van der Waals surface area contributed by atoms with Crippen LogP contribution in [0.25, 0.3) is 0 Å². The summed E-state index contributed by atoms with van der Waals surface area (Å²) in [4.78, 5) is 14.4. The minimum absolute atomic E-state index is 0.192. The third-order valence-electron chi connectivity index (χ3n) is 4.03. The maximum atomic E-state index is 12.9. The number of hydrogen-bond donors (Lipinski definition) is 0. The van der Waals surface area contributed by atoms with Crippen LogP contribution >= 0.6 is 0 Å². The molecule has 0 aliphatic heterocycles. The highest BCUT2D eigenvalue weighted by Gasteiger charge is 2.24. The fraction of sp³-hybridized carbons (Fsp3) is 0.217. The third kappa shape index (κ3) is 4.86. The molecule has 0 aliphatic carbocycles. The van der Waals surface area contributed by atoms with E-state index in [-0.39, 0.29) is 11.3 Å². The molecule has 1 heterocycles. The van der Waals surface area contributed by atoms with E-state index >= 15 is 0 Å². The second-order valence-electron chi connectivity index (χ2n) is 7.29. The van der Waals surface area contributed by atoms with Crippen LogP contribution in [0.15, 0.2) is 71.3 Å². The minimum atomic E-state index is -0.323. The highest BCUT2D eigenvalue weighted by atomic mass is 16.5. The molecule has 0 radical (unpaired) electrons. The summed E-state index contributed by atoms with van der Waals surface area (Å²) in [6, 6.07) is 21.0. The first-order valence-corrected chi connectivity index (χ1v) is 8.83. The van der Waals surface area contributed by atoms with Crippen molar-refractivity contribution < 1.29 is 9.32 Å². The number of benzene rings is 2. The van der Waals surface area contributed by atoms with Gasteiger partial charge in [0.1, 0.15) is 5.76 Å². The van der Waals surface area contributed by atoms with Gasteiger partial charge in [-0.15, -0.1) is 0 Å². The number of amides is 1. The van der Waals surface area contributed by atoms with Crippen molar-refractivity contribution in [3.05, 3.63) is 83.6 Å². The largest absolute Gasteiger partial charge is 0.359 e. The van der Waals surface area contributed by atoms with Crippen molar-refractivity contribution in [1.29, 1.82) is 0 Å². The van der Waals surface area contributed by atoms with Gasteiger partial charge in [0.05, 0.1) is 6.54 Å². The molecule has 0 spiro atoms. The Kier molecular flexibility index (Phi) is 5.42. The van der Waals surface area contributed by atoms with Crippen LogP contribution in [0.3, 0.4) is 0 Å². The smallest absolute Gasteiger partial charge is 0.304 e. The molecule has 4 heteroatoms. The van der Waals surface area contributed by atoms with Crippen molar-refractivity contribution in [2.45, 2.75) is 32.7 Å². The lowest BCUT2D eigenvalue weighted by Gasteiger charge is -2.17. The van der Waals surface area contributed by atoms with Gasteiger partial charge in [-0.1, -0.05) is 80.4 Å². The first-order valence-electron chi connectivity index (χ1n) is 8.83. The number of carbonyl (C=O) groups is 1. The monoisotopic (exact) mass is 358 g/mol. The molecule has 1 amide bonds. The number of hydrogen-bond acceptors (Lipinski definition) is 3. The van der Waals surface area contributed by atoms with Crippen molar-refractivity contribution >= 4 is 11.7 Å². The van der Waals surface area contributed by atoms with E-state index in [0.717, 1.165) is 16.9 Å². The summed E-state index contributed by atoms with van der Waals surface area (Å²) < 4.78 is 5.47. The van der Waals surface area contributed by atoms with E-state index in [1.807, 2.05) is 87.5 Å². The molecular weight excluding hydrogens is 336 g/mol. The van der Waals surface area contributed by atoms with E-state index in [4.69, 9.17) is 4.52 Å². The molecule has 27 heavy (non-hydrogen) atoms. The number of carbonyl (C=O) groups excluding carboxylic acids is 1. The molecule has 0 fully saturated rings. The molecule has 4 nitrogen and oxygen atoms in total. The molecule has 0 atom stereocenters. The van der Waals surface area contributed by atoms with Gasteiger partial charge in [0, 0.05) is 23.0 Å². The molecule has 0 unspecified atom stereocenters. The lowest BCUT2D eigenvalue weighted by Crippen LogP contribution is -2.29. The van der Waals surface area contributed by atoms with Gasteiger partial charge in [-0.25, -0.2) is 0 Å². The summed E-state index contributed by atoms with van der Waals surface area (Å²) in [6.07, 6.45) is 0. The average Bonchev–Trinajstić information content (AvgIpc) is 3.16.